The maximum absolute atomic E-state index is 12.4. The van der Waals surface area contributed by atoms with Crippen LogP contribution >= 0.6 is 0 Å². The van der Waals surface area contributed by atoms with Crippen molar-refractivity contribution in [1.29, 1.82) is 0 Å². The number of nitrogens with one attached hydrogen (secondary N) is 2. The van der Waals surface area contributed by atoms with Crippen LogP contribution in [0.25, 0.3) is 0 Å². The first-order valence-electron chi connectivity index (χ1n) is 8.81. The lowest BCUT2D eigenvalue weighted by atomic mass is 9.99. The van der Waals surface area contributed by atoms with Gasteiger partial charge in [-0.25, -0.2) is 4.79 Å². The number of anilines is 1. The highest BCUT2D eigenvalue weighted by Crippen LogP contribution is 2.30. The summed E-state index contributed by atoms with van der Waals surface area (Å²) in [6.07, 6.45) is 1.49. The number of amides is 2. The van der Waals surface area contributed by atoms with E-state index < -0.39 is 23.1 Å². The molecule has 2 heterocycles. The number of hydrogen-bond acceptors (Lipinski definition) is 4. The molecule has 27 heavy (non-hydrogen) atoms. The van der Waals surface area contributed by atoms with Crippen LogP contribution in [-0.2, 0) is 30.1 Å². The van der Waals surface area contributed by atoms with Gasteiger partial charge < -0.3 is 10.6 Å². The molecule has 0 saturated heterocycles. The summed E-state index contributed by atoms with van der Waals surface area (Å²) in [7, 11) is 2.83. The van der Waals surface area contributed by atoms with Gasteiger partial charge in [0.1, 0.15) is 5.82 Å². The summed E-state index contributed by atoms with van der Waals surface area (Å²) in [6.45, 7) is 0.486. The molecule has 0 spiro atoms. The van der Waals surface area contributed by atoms with Gasteiger partial charge in [-0.2, -0.15) is 0 Å². The average Bonchev–Trinajstić information content (AvgIpc) is 2.99. The molecule has 0 radical (unpaired) electrons. The molecule has 0 fully saturated rings. The Hall–Kier alpha value is -3.16. The van der Waals surface area contributed by atoms with Gasteiger partial charge in [0.05, 0.1) is 11.5 Å². The molecular weight excluding hydrogens is 348 g/mol. The molecule has 0 unspecified atom stereocenters. The normalized spacial score (nSPS) is 15.3. The molecule has 2 amide bonds. The molecular formula is C19H22N4O4. The fraction of sp³-hybridized carbons (Fsp3) is 0.368. The number of fused-ring (bicyclic) bond motifs is 1. The van der Waals surface area contributed by atoms with Gasteiger partial charge >= 0.3 is 5.69 Å². The van der Waals surface area contributed by atoms with Crippen molar-refractivity contribution in [3.05, 3.63) is 62.3 Å². The second kappa shape index (κ2) is 7.61. The van der Waals surface area contributed by atoms with Crippen LogP contribution in [0.2, 0.25) is 0 Å². The fourth-order valence-electron chi connectivity index (χ4n) is 3.29. The lowest BCUT2D eigenvalue weighted by molar-refractivity contribution is -0.125. The Morgan fingerprint density at radius 1 is 1.11 bits per heavy atom. The number of carbonyl (C=O) groups is 2. The number of aryl methyl sites for hydroxylation is 1. The van der Waals surface area contributed by atoms with Gasteiger partial charge in [0.15, 0.2) is 0 Å². The monoisotopic (exact) mass is 370 g/mol. The zero-order chi connectivity index (χ0) is 19.6. The summed E-state index contributed by atoms with van der Waals surface area (Å²) in [6, 6.07) is 9.95. The molecule has 3 rings (SSSR count). The molecule has 1 atom stereocenters. The highest BCUT2D eigenvalue weighted by atomic mass is 16.2. The van der Waals surface area contributed by atoms with Gasteiger partial charge in [-0.1, -0.05) is 30.3 Å². The number of benzene rings is 1. The topological polar surface area (TPSA) is 102 Å². The van der Waals surface area contributed by atoms with E-state index in [9.17, 15) is 19.2 Å². The Bertz CT molecular complexity index is 991. The predicted octanol–water partition coefficient (Wildman–Crippen LogP) is 0.259. The standard InChI is InChI=1S/C19H22N4O4/c1-22-16-15(18(26)23(2)19(22)27)13(17(25)21-16)11-14(24)20-10-6-9-12-7-4-3-5-8-12/h3-5,7-8,13H,6,9-11H2,1-2H3,(H,20,24)(H,21,25)/t13-/m1/s1. The maximum atomic E-state index is 12.4. The lowest BCUT2D eigenvalue weighted by Crippen LogP contribution is -2.39. The molecule has 1 aromatic heterocycles. The first-order valence-corrected chi connectivity index (χ1v) is 8.81. The fourth-order valence-corrected chi connectivity index (χ4v) is 3.29. The number of aromatic nitrogens is 2. The molecule has 0 saturated carbocycles. The Kier molecular flexibility index (Phi) is 5.25. The number of rotatable bonds is 6. The van der Waals surface area contributed by atoms with Crippen molar-refractivity contribution in [2.24, 2.45) is 14.1 Å². The number of nitrogens with zero attached hydrogens (tertiary/aromatic N) is 2. The summed E-state index contributed by atoms with van der Waals surface area (Å²) in [4.78, 5) is 48.9. The Morgan fingerprint density at radius 3 is 2.52 bits per heavy atom. The second-order valence-corrected chi connectivity index (χ2v) is 6.65. The Balaban J connectivity index is 1.63. The van der Waals surface area contributed by atoms with Crippen LogP contribution in [-0.4, -0.2) is 27.5 Å². The van der Waals surface area contributed by atoms with Gasteiger partial charge in [0.2, 0.25) is 11.8 Å². The van der Waals surface area contributed by atoms with Crippen LogP contribution in [0.3, 0.4) is 0 Å². The minimum Gasteiger partial charge on any atom is -0.356 e. The van der Waals surface area contributed by atoms with Gasteiger partial charge in [-0.05, 0) is 18.4 Å². The van der Waals surface area contributed by atoms with Crippen molar-refractivity contribution >= 4 is 17.6 Å². The van der Waals surface area contributed by atoms with E-state index >= 15 is 0 Å². The average molecular weight is 370 g/mol. The minimum absolute atomic E-state index is 0.127. The molecule has 0 bridgehead atoms. The van der Waals surface area contributed by atoms with Crippen molar-refractivity contribution in [2.45, 2.75) is 25.2 Å². The molecule has 142 valence electrons. The van der Waals surface area contributed by atoms with Crippen molar-refractivity contribution in [3.63, 3.8) is 0 Å². The van der Waals surface area contributed by atoms with Crippen LogP contribution in [0.1, 0.15) is 29.9 Å². The van der Waals surface area contributed by atoms with Crippen molar-refractivity contribution < 1.29 is 9.59 Å². The maximum Gasteiger partial charge on any atom is 0.332 e. The molecule has 8 heteroatoms. The van der Waals surface area contributed by atoms with E-state index in [0.717, 1.165) is 17.4 Å². The van der Waals surface area contributed by atoms with E-state index in [2.05, 4.69) is 10.6 Å². The van der Waals surface area contributed by atoms with E-state index in [-0.39, 0.29) is 23.7 Å². The van der Waals surface area contributed by atoms with E-state index in [1.807, 2.05) is 30.3 Å². The van der Waals surface area contributed by atoms with Crippen LogP contribution in [0.5, 0.6) is 0 Å². The van der Waals surface area contributed by atoms with Gasteiger partial charge in [-0.3, -0.25) is 23.5 Å². The quantitative estimate of drug-likeness (QED) is 0.712. The Labute approximate surface area is 155 Å². The first-order chi connectivity index (χ1) is 12.9. The second-order valence-electron chi connectivity index (χ2n) is 6.65. The number of hydrogen-bond donors (Lipinski definition) is 2. The SMILES string of the molecule is Cn1c2c(c(=O)n(C)c1=O)[C@@H](CC(=O)NCCCc1ccccc1)C(=O)N2. The molecule has 1 aromatic carbocycles. The van der Waals surface area contributed by atoms with Crippen LogP contribution in [0.4, 0.5) is 5.82 Å². The largest absolute Gasteiger partial charge is 0.356 e. The van der Waals surface area contributed by atoms with Gasteiger partial charge in [0.25, 0.3) is 5.56 Å². The number of carbonyl (C=O) groups excluding carboxylic acids is 2. The zero-order valence-electron chi connectivity index (χ0n) is 15.3. The summed E-state index contributed by atoms with van der Waals surface area (Å²) in [5.41, 5.74) is 0.294. The molecule has 1 aliphatic rings. The molecule has 0 aliphatic carbocycles. The van der Waals surface area contributed by atoms with Gasteiger partial charge in [-0.15, -0.1) is 0 Å². The summed E-state index contributed by atoms with van der Waals surface area (Å²) in [5, 5.41) is 5.34. The van der Waals surface area contributed by atoms with E-state index in [1.165, 1.54) is 24.2 Å². The third kappa shape index (κ3) is 3.69. The zero-order valence-corrected chi connectivity index (χ0v) is 15.3. The highest BCUT2D eigenvalue weighted by Gasteiger charge is 2.37. The third-order valence-corrected chi connectivity index (χ3v) is 4.80. The van der Waals surface area contributed by atoms with E-state index in [0.29, 0.717) is 6.54 Å². The minimum atomic E-state index is -0.889. The Morgan fingerprint density at radius 2 is 1.81 bits per heavy atom. The van der Waals surface area contributed by atoms with Gasteiger partial charge in [0, 0.05) is 27.1 Å². The van der Waals surface area contributed by atoms with E-state index in [1.54, 1.807) is 0 Å². The third-order valence-electron chi connectivity index (χ3n) is 4.80. The molecule has 2 aromatic rings. The van der Waals surface area contributed by atoms with Crippen molar-refractivity contribution in [3.8, 4) is 0 Å². The highest BCUT2D eigenvalue weighted by molar-refractivity contribution is 6.03. The van der Waals surface area contributed by atoms with Crippen LogP contribution in [0, 0.1) is 0 Å². The summed E-state index contributed by atoms with van der Waals surface area (Å²) >= 11 is 0. The smallest absolute Gasteiger partial charge is 0.332 e. The molecule has 2 N–H and O–H groups in total. The summed E-state index contributed by atoms with van der Waals surface area (Å²) in [5.74, 6) is -1.45. The van der Waals surface area contributed by atoms with E-state index in [4.69, 9.17) is 0 Å². The van der Waals surface area contributed by atoms with Crippen LogP contribution < -0.4 is 21.9 Å². The predicted molar refractivity (Wildman–Crippen MR) is 101 cm³/mol. The lowest BCUT2D eigenvalue weighted by Gasteiger charge is -2.11. The van der Waals surface area contributed by atoms with Crippen molar-refractivity contribution in [1.82, 2.24) is 14.5 Å². The van der Waals surface area contributed by atoms with Crippen LogP contribution in [0.15, 0.2) is 39.9 Å². The molecule has 8 nitrogen and oxygen atoms in total. The van der Waals surface area contributed by atoms with Crippen molar-refractivity contribution in [2.75, 3.05) is 11.9 Å². The molecule has 1 aliphatic heterocycles. The summed E-state index contributed by atoms with van der Waals surface area (Å²) < 4.78 is 2.16. The first kappa shape index (κ1) is 18.6.